The van der Waals surface area contributed by atoms with Crippen molar-refractivity contribution in [2.45, 2.75) is 20.4 Å². The van der Waals surface area contributed by atoms with Crippen molar-refractivity contribution in [2.24, 2.45) is 0 Å². The maximum atomic E-state index is 4.52. The van der Waals surface area contributed by atoms with Gasteiger partial charge in [-0.15, -0.1) is 11.3 Å². The number of rotatable bonds is 6. The lowest BCUT2D eigenvalue weighted by atomic mass is 10.3. The van der Waals surface area contributed by atoms with Gasteiger partial charge >= 0.3 is 0 Å². The summed E-state index contributed by atoms with van der Waals surface area (Å²) in [7, 11) is 0. The SMILES string of the molecule is CCNCc1cnc(N(CC)c2ccccc2)s1. The minimum absolute atomic E-state index is 0.903. The molecule has 0 atom stereocenters. The van der Waals surface area contributed by atoms with E-state index in [2.05, 4.69) is 53.3 Å². The molecule has 96 valence electrons. The zero-order chi connectivity index (χ0) is 12.8. The van der Waals surface area contributed by atoms with Crippen molar-refractivity contribution >= 4 is 22.2 Å². The molecule has 0 saturated heterocycles. The summed E-state index contributed by atoms with van der Waals surface area (Å²) in [6, 6.07) is 10.4. The summed E-state index contributed by atoms with van der Waals surface area (Å²) in [5, 5.41) is 4.39. The van der Waals surface area contributed by atoms with E-state index in [9.17, 15) is 0 Å². The largest absolute Gasteiger partial charge is 0.318 e. The molecule has 0 bridgehead atoms. The first-order valence-corrected chi connectivity index (χ1v) is 7.14. The first-order chi connectivity index (χ1) is 8.85. The Hall–Kier alpha value is -1.39. The molecule has 18 heavy (non-hydrogen) atoms. The molecule has 0 radical (unpaired) electrons. The van der Waals surface area contributed by atoms with Crippen molar-refractivity contribution in [3.63, 3.8) is 0 Å². The van der Waals surface area contributed by atoms with Gasteiger partial charge in [0.1, 0.15) is 0 Å². The summed E-state index contributed by atoms with van der Waals surface area (Å²) in [6.07, 6.45) is 1.97. The monoisotopic (exact) mass is 261 g/mol. The number of hydrogen-bond acceptors (Lipinski definition) is 4. The molecular formula is C14H19N3S. The molecule has 1 N–H and O–H groups in total. The van der Waals surface area contributed by atoms with Crippen molar-refractivity contribution in [2.75, 3.05) is 18.0 Å². The minimum atomic E-state index is 0.903. The number of nitrogens with one attached hydrogen (secondary N) is 1. The smallest absolute Gasteiger partial charge is 0.190 e. The molecular weight excluding hydrogens is 242 g/mol. The van der Waals surface area contributed by atoms with Crippen molar-refractivity contribution in [3.8, 4) is 0 Å². The average Bonchev–Trinajstić information content (AvgIpc) is 2.87. The Balaban J connectivity index is 2.15. The molecule has 3 nitrogen and oxygen atoms in total. The van der Waals surface area contributed by atoms with Crippen LogP contribution >= 0.6 is 11.3 Å². The highest BCUT2D eigenvalue weighted by molar-refractivity contribution is 7.15. The van der Waals surface area contributed by atoms with Gasteiger partial charge in [-0.1, -0.05) is 25.1 Å². The summed E-state index contributed by atoms with van der Waals surface area (Å²) >= 11 is 1.75. The van der Waals surface area contributed by atoms with Gasteiger partial charge in [0.05, 0.1) is 0 Å². The summed E-state index contributed by atoms with van der Waals surface area (Å²) in [4.78, 5) is 8.04. The van der Waals surface area contributed by atoms with Gasteiger partial charge in [0.25, 0.3) is 0 Å². The lowest BCUT2D eigenvalue weighted by Gasteiger charge is -2.19. The van der Waals surface area contributed by atoms with Gasteiger partial charge < -0.3 is 10.2 Å². The van der Waals surface area contributed by atoms with Crippen LogP contribution in [0.5, 0.6) is 0 Å². The molecule has 0 amide bonds. The molecule has 0 spiro atoms. The van der Waals surface area contributed by atoms with E-state index >= 15 is 0 Å². The van der Waals surface area contributed by atoms with Gasteiger partial charge in [0.2, 0.25) is 0 Å². The third-order valence-electron chi connectivity index (χ3n) is 2.71. The molecule has 1 aromatic carbocycles. The fourth-order valence-corrected chi connectivity index (χ4v) is 2.75. The van der Waals surface area contributed by atoms with Crippen LogP contribution in [0, 0.1) is 0 Å². The number of aromatic nitrogens is 1. The molecule has 1 aromatic heterocycles. The van der Waals surface area contributed by atoms with E-state index in [1.165, 1.54) is 10.6 Å². The second kappa shape index (κ2) is 6.52. The van der Waals surface area contributed by atoms with Crippen LogP contribution in [0.25, 0.3) is 0 Å². The fourth-order valence-electron chi connectivity index (χ4n) is 1.79. The third kappa shape index (κ3) is 3.09. The van der Waals surface area contributed by atoms with Crippen LogP contribution in [0.3, 0.4) is 0 Å². The standard InChI is InChI=1S/C14H19N3S/c1-3-15-10-13-11-16-14(18-13)17(4-2)12-8-6-5-7-9-12/h5-9,11,15H,3-4,10H2,1-2H3. The summed E-state index contributed by atoms with van der Waals surface area (Å²) in [5.41, 5.74) is 1.20. The Kier molecular flexibility index (Phi) is 4.73. The Morgan fingerprint density at radius 3 is 2.67 bits per heavy atom. The quantitative estimate of drug-likeness (QED) is 0.863. The molecule has 0 aliphatic carbocycles. The van der Waals surface area contributed by atoms with Gasteiger partial charge in [0.15, 0.2) is 5.13 Å². The second-order valence-electron chi connectivity index (χ2n) is 3.97. The van der Waals surface area contributed by atoms with Gasteiger partial charge in [0, 0.05) is 29.9 Å². The molecule has 4 heteroatoms. The molecule has 0 unspecified atom stereocenters. The van der Waals surface area contributed by atoms with Crippen LogP contribution in [0.2, 0.25) is 0 Å². The molecule has 0 aliphatic rings. The zero-order valence-corrected chi connectivity index (χ0v) is 11.7. The minimum Gasteiger partial charge on any atom is -0.318 e. The lowest BCUT2D eigenvalue weighted by molar-refractivity contribution is 0.734. The Labute approximate surface area is 112 Å². The third-order valence-corrected chi connectivity index (χ3v) is 3.73. The van der Waals surface area contributed by atoms with E-state index in [0.29, 0.717) is 0 Å². The molecule has 0 saturated carbocycles. The molecule has 2 rings (SSSR count). The number of nitrogens with zero attached hydrogens (tertiary/aromatic N) is 2. The van der Waals surface area contributed by atoms with E-state index in [0.717, 1.165) is 24.8 Å². The Morgan fingerprint density at radius 1 is 1.22 bits per heavy atom. The number of hydrogen-bond donors (Lipinski definition) is 1. The molecule has 0 fully saturated rings. The topological polar surface area (TPSA) is 28.2 Å². The first kappa shape index (κ1) is 13.1. The van der Waals surface area contributed by atoms with E-state index in [1.807, 2.05) is 12.3 Å². The van der Waals surface area contributed by atoms with Gasteiger partial charge in [-0.25, -0.2) is 4.98 Å². The average molecular weight is 261 g/mol. The van der Waals surface area contributed by atoms with Gasteiger partial charge in [-0.3, -0.25) is 0 Å². The van der Waals surface area contributed by atoms with Crippen LogP contribution in [0.4, 0.5) is 10.8 Å². The van der Waals surface area contributed by atoms with Crippen molar-refractivity contribution < 1.29 is 0 Å². The Morgan fingerprint density at radius 2 is 2.00 bits per heavy atom. The van der Waals surface area contributed by atoms with E-state index in [1.54, 1.807) is 11.3 Å². The van der Waals surface area contributed by atoms with Crippen molar-refractivity contribution in [1.82, 2.24) is 10.3 Å². The highest BCUT2D eigenvalue weighted by atomic mass is 32.1. The molecule has 0 aliphatic heterocycles. The van der Waals surface area contributed by atoms with Gasteiger partial charge in [-0.05, 0) is 25.6 Å². The second-order valence-corrected chi connectivity index (χ2v) is 5.06. The highest BCUT2D eigenvalue weighted by Gasteiger charge is 2.10. The summed E-state index contributed by atoms with van der Waals surface area (Å²) in [5.74, 6) is 0. The lowest BCUT2D eigenvalue weighted by Crippen LogP contribution is -2.15. The first-order valence-electron chi connectivity index (χ1n) is 6.33. The zero-order valence-electron chi connectivity index (χ0n) is 10.9. The van der Waals surface area contributed by atoms with Crippen molar-refractivity contribution in [3.05, 3.63) is 41.4 Å². The number of benzene rings is 1. The predicted octanol–water partition coefficient (Wildman–Crippen LogP) is 3.41. The van der Waals surface area contributed by atoms with Crippen molar-refractivity contribution in [1.29, 1.82) is 0 Å². The van der Waals surface area contributed by atoms with Crippen LogP contribution in [-0.4, -0.2) is 18.1 Å². The van der Waals surface area contributed by atoms with Gasteiger partial charge in [-0.2, -0.15) is 0 Å². The van der Waals surface area contributed by atoms with Crippen LogP contribution in [0.1, 0.15) is 18.7 Å². The van der Waals surface area contributed by atoms with E-state index in [-0.39, 0.29) is 0 Å². The maximum Gasteiger partial charge on any atom is 0.190 e. The van der Waals surface area contributed by atoms with Crippen LogP contribution in [-0.2, 0) is 6.54 Å². The highest BCUT2D eigenvalue weighted by Crippen LogP contribution is 2.28. The van der Waals surface area contributed by atoms with E-state index in [4.69, 9.17) is 0 Å². The predicted molar refractivity (Wildman–Crippen MR) is 78.6 cm³/mol. The van der Waals surface area contributed by atoms with Crippen LogP contribution in [0.15, 0.2) is 36.5 Å². The molecule has 2 aromatic rings. The maximum absolute atomic E-state index is 4.52. The number of anilines is 2. The normalized spacial score (nSPS) is 10.6. The van der Waals surface area contributed by atoms with Crippen LogP contribution < -0.4 is 10.2 Å². The molecule has 1 heterocycles. The Bertz CT molecular complexity index is 467. The number of para-hydroxylation sites is 1. The van der Waals surface area contributed by atoms with E-state index < -0.39 is 0 Å². The summed E-state index contributed by atoms with van der Waals surface area (Å²) in [6.45, 7) is 7.09. The summed E-state index contributed by atoms with van der Waals surface area (Å²) < 4.78 is 0. The number of thiazole rings is 1. The fraction of sp³-hybridized carbons (Fsp3) is 0.357.